The first-order chi connectivity index (χ1) is 12.9. The molecule has 140 valence electrons. The van der Waals surface area contributed by atoms with E-state index in [1.165, 1.54) is 12.3 Å². The normalized spacial score (nSPS) is 14.1. The number of carbonyl (C=O) groups excluding carboxylic acids is 1. The van der Waals surface area contributed by atoms with Crippen molar-refractivity contribution in [1.29, 1.82) is 5.26 Å². The summed E-state index contributed by atoms with van der Waals surface area (Å²) >= 11 is 0. The Kier molecular flexibility index (Phi) is 5.28. The maximum absolute atomic E-state index is 12.9. The fourth-order valence-electron chi connectivity index (χ4n) is 2.53. The van der Waals surface area contributed by atoms with E-state index in [1.807, 2.05) is 0 Å². The van der Waals surface area contributed by atoms with Gasteiger partial charge >= 0.3 is 6.18 Å². The average molecular weight is 376 g/mol. The summed E-state index contributed by atoms with van der Waals surface area (Å²) in [5, 5.41) is 14.5. The third-order valence-corrected chi connectivity index (χ3v) is 4.02. The lowest BCUT2D eigenvalue weighted by Crippen LogP contribution is -2.34. The molecule has 2 aromatic rings. The fraction of sp³-hybridized carbons (Fsp3) is 0.278. The molecule has 6 nitrogen and oxygen atoms in total. The van der Waals surface area contributed by atoms with Crippen LogP contribution in [0.3, 0.4) is 0 Å². The molecular formula is C18H15F3N4O2. The van der Waals surface area contributed by atoms with Crippen LogP contribution in [0.1, 0.15) is 21.5 Å². The van der Waals surface area contributed by atoms with E-state index in [0.29, 0.717) is 31.5 Å². The quantitative estimate of drug-likeness (QED) is 0.836. The van der Waals surface area contributed by atoms with Crippen molar-refractivity contribution >= 4 is 17.4 Å². The fourth-order valence-corrected chi connectivity index (χ4v) is 2.53. The van der Waals surface area contributed by atoms with Gasteiger partial charge in [-0.2, -0.15) is 18.4 Å². The zero-order chi connectivity index (χ0) is 19.4. The number of hydrogen-bond donors (Lipinski definition) is 2. The van der Waals surface area contributed by atoms with E-state index in [9.17, 15) is 18.0 Å². The van der Waals surface area contributed by atoms with E-state index in [4.69, 9.17) is 10.00 Å². The number of nitrogens with one attached hydrogen (secondary N) is 2. The van der Waals surface area contributed by atoms with Crippen molar-refractivity contribution in [2.24, 2.45) is 5.92 Å². The number of nitriles is 1. The highest BCUT2D eigenvalue weighted by atomic mass is 19.4. The molecule has 0 spiro atoms. The Bertz CT molecular complexity index is 889. The van der Waals surface area contributed by atoms with Gasteiger partial charge in [0.25, 0.3) is 5.91 Å². The van der Waals surface area contributed by atoms with Crippen molar-refractivity contribution < 1.29 is 22.7 Å². The van der Waals surface area contributed by atoms with Gasteiger partial charge in [-0.25, -0.2) is 4.98 Å². The number of carbonyl (C=O) groups is 1. The topological polar surface area (TPSA) is 87.0 Å². The highest BCUT2D eigenvalue weighted by Crippen LogP contribution is 2.33. The van der Waals surface area contributed by atoms with E-state index in [2.05, 4.69) is 15.6 Å². The highest BCUT2D eigenvalue weighted by Gasteiger charge is 2.33. The molecule has 27 heavy (non-hydrogen) atoms. The van der Waals surface area contributed by atoms with E-state index in [0.717, 1.165) is 18.2 Å². The van der Waals surface area contributed by atoms with E-state index < -0.39 is 23.2 Å². The number of aromatic nitrogens is 1. The van der Waals surface area contributed by atoms with Gasteiger partial charge in [0.2, 0.25) is 0 Å². The lowest BCUT2D eigenvalue weighted by Gasteiger charge is -2.26. The van der Waals surface area contributed by atoms with Crippen LogP contribution in [0.15, 0.2) is 36.5 Å². The van der Waals surface area contributed by atoms with Gasteiger partial charge in [0, 0.05) is 24.3 Å². The van der Waals surface area contributed by atoms with Crippen molar-refractivity contribution in [2.45, 2.75) is 6.18 Å². The molecule has 0 atom stereocenters. The smallest absolute Gasteiger partial charge is 0.381 e. The summed E-state index contributed by atoms with van der Waals surface area (Å²) in [4.78, 5) is 16.7. The van der Waals surface area contributed by atoms with Crippen molar-refractivity contribution in [3.8, 4) is 6.07 Å². The lowest BCUT2D eigenvalue weighted by molar-refractivity contribution is -0.137. The predicted molar refractivity (Wildman–Crippen MR) is 91.1 cm³/mol. The van der Waals surface area contributed by atoms with Crippen LogP contribution in [-0.4, -0.2) is 30.6 Å². The molecule has 0 unspecified atom stereocenters. The molecule has 1 amide bonds. The summed E-state index contributed by atoms with van der Waals surface area (Å²) < 4.78 is 43.7. The molecule has 1 saturated heterocycles. The maximum atomic E-state index is 12.9. The monoisotopic (exact) mass is 376 g/mol. The second-order valence-electron chi connectivity index (χ2n) is 6.01. The van der Waals surface area contributed by atoms with Crippen LogP contribution in [0.4, 0.5) is 24.7 Å². The summed E-state index contributed by atoms with van der Waals surface area (Å²) in [6.45, 7) is 1.88. The van der Waals surface area contributed by atoms with Gasteiger partial charge < -0.3 is 15.4 Å². The van der Waals surface area contributed by atoms with Crippen molar-refractivity contribution in [2.75, 3.05) is 30.4 Å². The number of hydrogen-bond acceptors (Lipinski definition) is 5. The second kappa shape index (κ2) is 7.63. The molecular weight excluding hydrogens is 361 g/mol. The van der Waals surface area contributed by atoms with Crippen molar-refractivity contribution in [3.63, 3.8) is 0 Å². The minimum Gasteiger partial charge on any atom is -0.381 e. The number of pyridine rings is 1. The Labute approximate surface area is 153 Å². The summed E-state index contributed by atoms with van der Waals surface area (Å²) in [5.41, 5.74) is -1.27. The third-order valence-electron chi connectivity index (χ3n) is 4.02. The molecule has 0 bridgehead atoms. The first-order valence-corrected chi connectivity index (χ1v) is 8.08. The molecule has 1 fully saturated rings. The summed E-state index contributed by atoms with van der Waals surface area (Å²) in [5.74, 6) is 0.171. The molecule has 9 heteroatoms. The first kappa shape index (κ1) is 18.7. The van der Waals surface area contributed by atoms with Crippen LogP contribution in [0.25, 0.3) is 0 Å². The Balaban J connectivity index is 1.76. The lowest BCUT2D eigenvalue weighted by atomic mass is 10.1. The van der Waals surface area contributed by atoms with Crippen molar-refractivity contribution in [1.82, 2.24) is 4.98 Å². The van der Waals surface area contributed by atoms with Crippen LogP contribution in [-0.2, 0) is 10.9 Å². The Hall–Kier alpha value is -3.12. The van der Waals surface area contributed by atoms with Crippen LogP contribution in [0, 0.1) is 17.2 Å². The molecule has 2 N–H and O–H groups in total. The summed E-state index contributed by atoms with van der Waals surface area (Å²) in [6, 6.07) is 7.52. The van der Waals surface area contributed by atoms with Crippen LogP contribution < -0.4 is 10.6 Å². The molecule has 1 aromatic heterocycles. The van der Waals surface area contributed by atoms with Gasteiger partial charge in [-0.05, 0) is 30.3 Å². The summed E-state index contributed by atoms with van der Waals surface area (Å²) in [6.07, 6.45) is -3.11. The number of amides is 1. The minimum atomic E-state index is -4.64. The Morgan fingerprint density at radius 1 is 1.33 bits per heavy atom. The largest absolute Gasteiger partial charge is 0.417 e. The minimum absolute atomic E-state index is 0.0896. The van der Waals surface area contributed by atoms with E-state index >= 15 is 0 Å². The molecule has 1 aliphatic heterocycles. The second-order valence-corrected chi connectivity index (χ2v) is 6.01. The molecule has 2 heterocycles. The molecule has 3 rings (SSSR count). The van der Waals surface area contributed by atoms with Gasteiger partial charge in [-0.3, -0.25) is 4.79 Å². The van der Waals surface area contributed by atoms with E-state index in [-0.39, 0.29) is 11.3 Å². The zero-order valence-corrected chi connectivity index (χ0v) is 14.0. The highest BCUT2D eigenvalue weighted by molar-refractivity contribution is 6.07. The number of ether oxygens (including phenoxy) is 1. The van der Waals surface area contributed by atoms with E-state index in [1.54, 1.807) is 12.1 Å². The van der Waals surface area contributed by atoms with Gasteiger partial charge in [0.1, 0.15) is 5.82 Å². The standard InChI is InChI=1S/C18H15F3N4O2/c19-18(20,21)15-4-3-13(6-12(15)7-22)25-17(26)14-2-1-5-23-16(14)24-8-11-9-27-10-11/h1-6,11H,8-10H2,(H,23,24)(H,25,26). The number of halogens is 3. The van der Waals surface area contributed by atoms with Gasteiger partial charge in [-0.15, -0.1) is 0 Å². The van der Waals surface area contributed by atoms with Gasteiger partial charge in [0.15, 0.2) is 0 Å². The third kappa shape index (κ3) is 4.35. The summed E-state index contributed by atoms with van der Waals surface area (Å²) in [7, 11) is 0. The molecule has 0 saturated carbocycles. The molecule has 1 aromatic carbocycles. The average Bonchev–Trinajstić information content (AvgIpc) is 2.59. The maximum Gasteiger partial charge on any atom is 0.417 e. The van der Waals surface area contributed by atoms with Crippen LogP contribution in [0.2, 0.25) is 0 Å². The van der Waals surface area contributed by atoms with Gasteiger partial charge in [0.05, 0.1) is 36.0 Å². The number of anilines is 2. The molecule has 0 radical (unpaired) electrons. The number of rotatable bonds is 5. The molecule has 1 aliphatic rings. The number of benzene rings is 1. The predicted octanol–water partition coefficient (Wildman–Crippen LogP) is 3.28. The van der Waals surface area contributed by atoms with Crippen LogP contribution >= 0.6 is 0 Å². The zero-order valence-electron chi connectivity index (χ0n) is 14.0. The number of alkyl halides is 3. The number of nitrogens with zero attached hydrogens (tertiary/aromatic N) is 2. The van der Waals surface area contributed by atoms with Gasteiger partial charge in [-0.1, -0.05) is 0 Å². The SMILES string of the molecule is N#Cc1cc(NC(=O)c2cccnc2NCC2COC2)ccc1C(F)(F)F. The van der Waals surface area contributed by atoms with Crippen molar-refractivity contribution in [3.05, 3.63) is 53.2 Å². The van der Waals surface area contributed by atoms with Crippen LogP contribution in [0.5, 0.6) is 0 Å². The Morgan fingerprint density at radius 3 is 2.74 bits per heavy atom. The Morgan fingerprint density at radius 2 is 2.11 bits per heavy atom. The first-order valence-electron chi connectivity index (χ1n) is 8.08. The molecule has 0 aliphatic carbocycles.